The number of ether oxygens (including phenoxy) is 4. The summed E-state index contributed by atoms with van der Waals surface area (Å²) < 4.78 is 22.8. The van der Waals surface area contributed by atoms with E-state index in [1.807, 2.05) is 15.7 Å². The van der Waals surface area contributed by atoms with E-state index in [9.17, 15) is 4.79 Å². The van der Waals surface area contributed by atoms with Crippen LogP contribution in [0.15, 0.2) is 12.4 Å². The molecule has 0 N–H and O–H groups in total. The van der Waals surface area contributed by atoms with Gasteiger partial charge in [0.2, 0.25) is 5.91 Å². The van der Waals surface area contributed by atoms with Gasteiger partial charge in [-0.3, -0.25) is 4.79 Å². The summed E-state index contributed by atoms with van der Waals surface area (Å²) in [6, 6.07) is 0. The van der Waals surface area contributed by atoms with E-state index in [4.69, 9.17) is 18.9 Å². The quantitative estimate of drug-likeness (QED) is 0.549. The second kappa shape index (κ2) is 11.2. The van der Waals surface area contributed by atoms with Crippen LogP contribution in [0.2, 0.25) is 0 Å². The number of hydrogen-bond donors (Lipinski definition) is 0. The van der Waals surface area contributed by atoms with Crippen molar-refractivity contribution in [3.8, 4) is 0 Å². The number of amides is 1. The highest BCUT2D eigenvalue weighted by Gasteiger charge is 2.26. The number of likely N-dealkylation sites (tertiary alicyclic amines) is 1. The molecule has 0 bridgehead atoms. The van der Waals surface area contributed by atoms with E-state index in [1.54, 1.807) is 20.4 Å². The number of carbonyl (C=O) groups excluding carboxylic acids is 1. The fraction of sp³-hybridized carbons (Fsp3) is 0.765. The normalized spacial score (nSPS) is 15.7. The highest BCUT2D eigenvalue weighted by atomic mass is 16.5. The highest BCUT2D eigenvalue weighted by molar-refractivity contribution is 5.77. The van der Waals surface area contributed by atoms with Gasteiger partial charge in [-0.1, -0.05) is 0 Å². The molecule has 1 fully saturated rings. The molecule has 1 aliphatic rings. The molecule has 0 aliphatic carbocycles. The number of nitrogens with zero attached hydrogens (tertiary/aromatic N) is 3. The molecule has 1 aromatic rings. The molecule has 25 heavy (non-hydrogen) atoms. The van der Waals surface area contributed by atoms with E-state index in [1.165, 1.54) is 0 Å². The van der Waals surface area contributed by atoms with Gasteiger partial charge in [0.05, 0.1) is 26.4 Å². The molecule has 142 valence electrons. The van der Waals surface area contributed by atoms with Crippen molar-refractivity contribution in [2.45, 2.75) is 25.5 Å². The van der Waals surface area contributed by atoms with E-state index in [2.05, 4.69) is 4.98 Å². The average Bonchev–Trinajstić information content (AvgIpc) is 3.11. The van der Waals surface area contributed by atoms with Crippen LogP contribution in [0.5, 0.6) is 0 Å². The first-order chi connectivity index (χ1) is 12.3. The predicted octanol–water partition coefficient (Wildman–Crippen LogP) is 0.873. The van der Waals surface area contributed by atoms with Gasteiger partial charge in [0, 0.05) is 45.6 Å². The van der Waals surface area contributed by atoms with Crippen molar-refractivity contribution in [2.24, 2.45) is 0 Å². The molecule has 0 spiro atoms. The Morgan fingerprint density at radius 1 is 1.12 bits per heavy atom. The van der Waals surface area contributed by atoms with Crippen LogP contribution >= 0.6 is 0 Å². The molecule has 0 radical (unpaired) electrons. The minimum absolute atomic E-state index is 0.0424. The Hall–Kier alpha value is -1.48. The van der Waals surface area contributed by atoms with E-state index in [0.717, 1.165) is 31.8 Å². The molecule has 8 heteroatoms. The second-order valence-corrected chi connectivity index (χ2v) is 5.99. The third-order valence-electron chi connectivity index (χ3n) is 4.28. The molecule has 1 aliphatic heterocycles. The maximum atomic E-state index is 12.1. The smallest absolute Gasteiger partial charge is 0.248 e. The summed E-state index contributed by atoms with van der Waals surface area (Å²) >= 11 is 0. The molecule has 2 heterocycles. The Bertz CT molecular complexity index is 500. The molecule has 0 saturated carbocycles. The van der Waals surface area contributed by atoms with Gasteiger partial charge in [-0.2, -0.15) is 0 Å². The summed E-state index contributed by atoms with van der Waals surface area (Å²) in [5, 5.41) is 0. The predicted molar refractivity (Wildman–Crippen MR) is 91.3 cm³/mol. The van der Waals surface area contributed by atoms with Crippen molar-refractivity contribution in [1.29, 1.82) is 0 Å². The summed E-state index contributed by atoms with van der Waals surface area (Å²) in [5.74, 6) is 1.42. The lowest BCUT2D eigenvalue weighted by atomic mass is 9.96. The topological polar surface area (TPSA) is 75.1 Å². The average molecular weight is 355 g/mol. The highest BCUT2D eigenvalue weighted by Crippen LogP contribution is 2.27. The molecule has 1 amide bonds. The van der Waals surface area contributed by atoms with Gasteiger partial charge in [0.25, 0.3) is 0 Å². The number of piperidine rings is 1. The fourth-order valence-electron chi connectivity index (χ4n) is 2.88. The van der Waals surface area contributed by atoms with Gasteiger partial charge >= 0.3 is 0 Å². The van der Waals surface area contributed by atoms with Crippen LogP contribution in [0, 0.1) is 0 Å². The SMILES string of the molecule is COCCOCC(=O)N1CCC(c2nccn2COCCOC)CC1. The van der Waals surface area contributed by atoms with Crippen LogP contribution in [-0.2, 0) is 30.5 Å². The van der Waals surface area contributed by atoms with Crippen molar-refractivity contribution >= 4 is 5.91 Å². The number of imidazole rings is 1. The Morgan fingerprint density at radius 2 is 1.80 bits per heavy atom. The first-order valence-corrected chi connectivity index (χ1v) is 8.68. The largest absolute Gasteiger partial charge is 0.382 e. The summed E-state index contributed by atoms with van der Waals surface area (Å²) in [6.07, 6.45) is 5.54. The van der Waals surface area contributed by atoms with Gasteiger partial charge in [0.15, 0.2) is 0 Å². The number of hydrogen-bond acceptors (Lipinski definition) is 6. The van der Waals surface area contributed by atoms with Gasteiger partial charge in [-0.25, -0.2) is 4.98 Å². The molecule has 1 aromatic heterocycles. The summed E-state index contributed by atoms with van der Waals surface area (Å²) in [4.78, 5) is 18.5. The third kappa shape index (κ3) is 6.39. The number of rotatable bonds is 11. The summed E-state index contributed by atoms with van der Waals surface area (Å²) in [5.41, 5.74) is 0. The van der Waals surface area contributed by atoms with Crippen molar-refractivity contribution < 1.29 is 23.7 Å². The Labute approximate surface area is 149 Å². The van der Waals surface area contributed by atoms with Gasteiger partial charge < -0.3 is 28.4 Å². The van der Waals surface area contributed by atoms with Crippen LogP contribution in [0.3, 0.4) is 0 Å². The van der Waals surface area contributed by atoms with Crippen LogP contribution in [0.4, 0.5) is 0 Å². The maximum Gasteiger partial charge on any atom is 0.248 e. The van der Waals surface area contributed by atoms with Crippen molar-refractivity contribution in [3.05, 3.63) is 18.2 Å². The molecular weight excluding hydrogens is 326 g/mol. The standard InChI is InChI=1S/C17H29N3O5/c1-22-9-11-24-13-16(21)19-6-3-15(4-7-19)17-18-5-8-20(17)14-25-12-10-23-2/h5,8,15H,3-4,6-7,9-14H2,1-2H3. The molecule has 0 unspecified atom stereocenters. The minimum Gasteiger partial charge on any atom is -0.382 e. The second-order valence-electron chi connectivity index (χ2n) is 5.99. The first-order valence-electron chi connectivity index (χ1n) is 8.68. The summed E-state index contributed by atoms with van der Waals surface area (Å²) in [6.45, 7) is 4.15. The summed E-state index contributed by atoms with van der Waals surface area (Å²) in [7, 11) is 3.27. The molecular formula is C17H29N3O5. The zero-order valence-corrected chi connectivity index (χ0v) is 15.2. The molecule has 0 atom stereocenters. The number of carbonyl (C=O) groups is 1. The van der Waals surface area contributed by atoms with Gasteiger partial charge in [-0.15, -0.1) is 0 Å². The van der Waals surface area contributed by atoms with Crippen molar-refractivity contribution in [2.75, 3.05) is 60.3 Å². The Kier molecular flexibility index (Phi) is 8.89. The Morgan fingerprint density at radius 3 is 2.48 bits per heavy atom. The van der Waals surface area contributed by atoms with Gasteiger partial charge in [-0.05, 0) is 12.8 Å². The fourth-order valence-corrected chi connectivity index (χ4v) is 2.88. The zero-order chi connectivity index (χ0) is 17.9. The van der Waals surface area contributed by atoms with E-state index >= 15 is 0 Å². The monoisotopic (exact) mass is 355 g/mol. The molecule has 2 rings (SSSR count). The maximum absolute atomic E-state index is 12.1. The molecule has 8 nitrogen and oxygen atoms in total. The molecule has 0 aromatic carbocycles. The van der Waals surface area contributed by atoms with E-state index in [0.29, 0.717) is 39.1 Å². The lowest BCUT2D eigenvalue weighted by molar-refractivity contribution is -0.137. The van der Waals surface area contributed by atoms with Crippen molar-refractivity contribution in [3.63, 3.8) is 0 Å². The van der Waals surface area contributed by atoms with E-state index in [-0.39, 0.29) is 12.5 Å². The zero-order valence-electron chi connectivity index (χ0n) is 15.2. The first kappa shape index (κ1) is 19.8. The number of methoxy groups -OCH3 is 2. The third-order valence-corrected chi connectivity index (χ3v) is 4.28. The van der Waals surface area contributed by atoms with Crippen molar-refractivity contribution in [1.82, 2.24) is 14.5 Å². The Balaban J connectivity index is 1.74. The van der Waals surface area contributed by atoms with Crippen LogP contribution in [-0.4, -0.2) is 80.7 Å². The van der Waals surface area contributed by atoms with Gasteiger partial charge in [0.1, 0.15) is 19.2 Å². The number of aromatic nitrogens is 2. The van der Waals surface area contributed by atoms with Crippen LogP contribution < -0.4 is 0 Å². The minimum atomic E-state index is 0.0424. The van der Waals surface area contributed by atoms with Crippen LogP contribution in [0.25, 0.3) is 0 Å². The van der Waals surface area contributed by atoms with E-state index < -0.39 is 0 Å². The lowest BCUT2D eigenvalue weighted by Crippen LogP contribution is -2.40. The lowest BCUT2D eigenvalue weighted by Gasteiger charge is -2.32. The van der Waals surface area contributed by atoms with Crippen LogP contribution in [0.1, 0.15) is 24.6 Å². The molecule has 1 saturated heterocycles.